The molecule has 0 radical (unpaired) electrons. The number of sulfonamides is 1. The molecule has 0 bridgehead atoms. The third-order valence-electron chi connectivity index (χ3n) is 6.82. The molecule has 2 aromatic rings. The lowest BCUT2D eigenvalue weighted by Crippen LogP contribution is -2.44. The summed E-state index contributed by atoms with van der Waals surface area (Å²) >= 11 is 0. The Labute approximate surface area is 208 Å². The molecule has 1 atom stereocenters. The van der Waals surface area contributed by atoms with E-state index in [1.54, 1.807) is 55.6 Å². The summed E-state index contributed by atoms with van der Waals surface area (Å²) in [6, 6.07) is 13.7. The summed E-state index contributed by atoms with van der Waals surface area (Å²) in [6.45, 7) is 4.41. The lowest BCUT2D eigenvalue weighted by Gasteiger charge is -2.28. The highest BCUT2D eigenvalue weighted by atomic mass is 32.2. The molecule has 0 spiro atoms. The molecule has 2 aliphatic heterocycles. The number of carbonyl (C=O) groups is 1. The molecule has 2 aliphatic rings. The fraction of sp³-hybridized carbons (Fsp3) is 0.500. The predicted octanol–water partition coefficient (Wildman–Crippen LogP) is 3.12. The number of rotatable bonds is 10. The van der Waals surface area contributed by atoms with Crippen LogP contribution in [-0.4, -0.2) is 77.1 Å². The van der Waals surface area contributed by atoms with Crippen molar-refractivity contribution in [2.75, 3.05) is 51.2 Å². The normalized spacial score (nSPS) is 18.7. The number of anilines is 1. The molecule has 190 valence electrons. The molecule has 1 unspecified atom stereocenters. The van der Waals surface area contributed by atoms with Crippen molar-refractivity contribution in [1.29, 1.82) is 0 Å². The van der Waals surface area contributed by atoms with Crippen molar-refractivity contribution in [1.82, 2.24) is 9.80 Å². The maximum atomic E-state index is 13.0. The van der Waals surface area contributed by atoms with Crippen LogP contribution in [-0.2, 0) is 26.2 Å². The highest BCUT2D eigenvalue weighted by molar-refractivity contribution is 7.92. The summed E-state index contributed by atoms with van der Waals surface area (Å²) < 4.78 is 38.1. The van der Waals surface area contributed by atoms with Gasteiger partial charge in [0.05, 0.1) is 17.2 Å². The lowest BCUT2D eigenvalue weighted by molar-refractivity contribution is -0.134. The molecule has 2 saturated heterocycles. The minimum atomic E-state index is -3.70. The molecule has 1 amide bonds. The summed E-state index contributed by atoms with van der Waals surface area (Å²) in [4.78, 5) is 17.4. The van der Waals surface area contributed by atoms with Crippen molar-refractivity contribution in [3.8, 4) is 5.75 Å². The maximum absolute atomic E-state index is 13.0. The number of carbonyl (C=O) groups excluding carboxylic acids is 1. The molecule has 2 aromatic carbocycles. The smallest absolute Gasteiger partial charge is 0.264 e. The number of benzene rings is 2. The van der Waals surface area contributed by atoms with Crippen LogP contribution in [0.2, 0.25) is 0 Å². The van der Waals surface area contributed by atoms with Crippen LogP contribution >= 0.6 is 0 Å². The second-order valence-corrected chi connectivity index (χ2v) is 11.2. The van der Waals surface area contributed by atoms with Gasteiger partial charge in [-0.2, -0.15) is 0 Å². The lowest BCUT2D eigenvalue weighted by atomic mass is 10.2. The summed E-state index contributed by atoms with van der Waals surface area (Å²) in [5.41, 5.74) is 1.41. The molecule has 2 fully saturated rings. The van der Waals surface area contributed by atoms with Gasteiger partial charge in [-0.3, -0.25) is 9.10 Å². The van der Waals surface area contributed by atoms with Gasteiger partial charge in [0, 0.05) is 33.3 Å². The van der Waals surface area contributed by atoms with Gasteiger partial charge in [0.15, 0.2) is 6.61 Å². The van der Waals surface area contributed by atoms with Gasteiger partial charge in [0.25, 0.3) is 15.9 Å². The van der Waals surface area contributed by atoms with Crippen molar-refractivity contribution in [3.63, 3.8) is 0 Å². The number of likely N-dealkylation sites (tertiary alicyclic amines) is 2. The minimum absolute atomic E-state index is 0.00684. The van der Waals surface area contributed by atoms with Crippen LogP contribution < -0.4 is 9.04 Å². The van der Waals surface area contributed by atoms with Crippen LogP contribution in [0.1, 0.15) is 31.2 Å². The van der Waals surface area contributed by atoms with Crippen LogP contribution in [0.25, 0.3) is 0 Å². The van der Waals surface area contributed by atoms with Crippen molar-refractivity contribution in [2.45, 2.75) is 43.2 Å². The Morgan fingerprint density at radius 3 is 2.34 bits per heavy atom. The zero-order valence-electron chi connectivity index (χ0n) is 20.6. The average Bonchev–Trinajstić information content (AvgIpc) is 3.56. The number of nitrogens with zero attached hydrogens (tertiary/aromatic N) is 3. The summed E-state index contributed by atoms with van der Waals surface area (Å²) in [5.74, 6) is 0.541. The SMILES string of the molecule is COCc1ccc(S(=O)(=O)N(C)c2ccc(OCC(=O)N3CCCC3CN3CCCC3)cc2)cc1. The minimum Gasteiger partial charge on any atom is -0.484 e. The van der Waals surface area contributed by atoms with Crippen molar-refractivity contribution < 1.29 is 22.7 Å². The van der Waals surface area contributed by atoms with E-state index in [0.717, 1.165) is 44.6 Å². The first-order valence-corrected chi connectivity index (χ1v) is 13.6. The molecular weight excluding hydrogens is 466 g/mol. The third-order valence-corrected chi connectivity index (χ3v) is 8.62. The van der Waals surface area contributed by atoms with Crippen LogP contribution in [0.15, 0.2) is 53.4 Å². The maximum Gasteiger partial charge on any atom is 0.264 e. The van der Waals surface area contributed by atoms with Crippen LogP contribution in [0, 0.1) is 0 Å². The highest BCUT2D eigenvalue weighted by Gasteiger charge is 2.31. The quantitative estimate of drug-likeness (QED) is 0.498. The average molecular weight is 502 g/mol. The van der Waals surface area contributed by atoms with Gasteiger partial charge >= 0.3 is 0 Å². The zero-order chi connectivity index (χ0) is 24.8. The number of hydrogen-bond acceptors (Lipinski definition) is 6. The van der Waals surface area contributed by atoms with Gasteiger partial charge in [0.2, 0.25) is 0 Å². The molecule has 35 heavy (non-hydrogen) atoms. The third kappa shape index (κ3) is 6.15. The second kappa shape index (κ2) is 11.4. The zero-order valence-corrected chi connectivity index (χ0v) is 21.4. The first-order valence-electron chi connectivity index (χ1n) is 12.2. The molecule has 8 nitrogen and oxygen atoms in total. The van der Waals surface area contributed by atoms with Crippen molar-refractivity contribution >= 4 is 21.6 Å². The van der Waals surface area contributed by atoms with Crippen LogP contribution in [0.5, 0.6) is 5.75 Å². The Morgan fingerprint density at radius 2 is 1.69 bits per heavy atom. The number of hydrogen-bond donors (Lipinski definition) is 0. The van der Waals surface area contributed by atoms with Gasteiger partial charge in [-0.25, -0.2) is 8.42 Å². The Morgan fingerprint density at radius 1 is 1.00 bits per heavy atom. The molecule has 9 heteroatoms. The standard InChI is InChI=1S/C26H35N3O5S/c1-27(35(31,32)25-13-7-21(8-14-25)19-33-2)22-9-11-24(12-10-22)34-20-26(30)29-17-5-6-23(29)18-28-15-3-4-16-28/h7-14,23H,3-6,15-20H2,1-2H3. The van der Waals surface area contributed by atoms with Gasteiger partial charge in [-0.15, -0.1) is 0 Å². The van der Waals surface area contributed by atoms with E-state index in [9.17, 15) is 13.2 Å². The number of ether oxygens (including phenoxy) is 2. The Kier molecular flexibility index (Phi) is 8.30. The van der Waals surface area contributed by atoms with Gasteiger partial charge in [-0.1, -0.05) is 12.1 Å². The molecular formula is C26H35N3O5S. The van der Waals surface area contributed by atoms with E-state index in [-0.39, 0.29) is 23.5 Å². The highest BCUT2D eigenvalue weighted by Crippen LogP contribution is 2.25. The van der Waals surface area contributed by atoms with Crippen LogP contribution in [0.3, 0.4) is 0 Å². The Bertz CT molecular complexity index is 1080. The van der Waals surface area contributed by atoms with E-state index in [1.807, 2.05) is 4.90 Å². The molecule has 0 saturated carbocycles. The largest absolute Gasteiger partial charge is 0.484 e. The van der Waals surface area contributed by atoms with E-state index in [4.69, 9.17) is 9.47 Å². The number of amides is 1. The van der Waals surface area contributed by atoms with Crippen molar-refractivity contribution in [2.24, 2.45) is 0 Å². The Hall–Kier alpha value is -2.62. The second-order valence-electron chi connectivity index (χ2n) is 9.22. The number of methoxy groups -OCH3 is 1. The molecule has 4 rings (SSSR count). The molecule has 0 N–H and O–H groups in total. The van der Waals surface area contributed by atoms with Gasteiger partial charge in [-0.05, 0) is 80.7 Å². The monoisotopic (exact) mass is 501 g/mol. The van der Waals surface area contributed by atoms with E-state index in [1.165, 1.54) is 24.2 Å². The molecule has 0 aromatic heterocycles. The van der Waals surface area contributed by atoms with Crippen molar-refractivity contribution in [3.05, 3.63) is 54.1 Å². The first kappa shape index (κ1) is 25.5. The fourth-order valence-corrected chi connectivity index (χ4v) is 6.01. The fourth-order valence-electron chi connectivity index (χ4n) is 4.82. The van der Waals surface area contributed by atoms with Crippen LogP contribution in [0.4, 0.5) is 5.69 Å². The van der Waals surface area contributed by atoms with Gasteiger partial charge < -0.3 is 19.3 Å². The van der Waals surface area contributed by atoms with Gasteiger partial charge in [0.1, 0.15) is 5.75 Å². The topological polar surface area (TPSA) is 79.4 Å². The molecule has 0 aliphatic carbocycles. The van der Waals surface area contributed by atoms with E-state index >= 15 is 0 Å². The Balaban J connectivity index is 1.33. The summed E-state index contributed by atoms with van der Waals surface area (Å²) in [5, 5.41) is 0. The summed E-state index contributed by atoms with van der Waals surface area (Å²) in [7, 11) is -0.586. The summed E-state index contributed by atoms with van der Waals surface area (Å²) in [6.07, 6.45) is 4.58. The van der Waals surface area contributed by atoms with E-state index in [2.05, 4.69) is 4.90 Å². The predicted molar refractivity (Wildman–Crippen MR) is 135 cm³/mol. The van der Waals surface area contributed by atoms with E-state index in [0.29, 0.717) is 18.0 Å². The van der Waals surface area contributed by atoms with E-state index < -0.39 is 10.0 Å². The first-order chi connectivity index (χ1) is 16.9. The molecule has 2 heterocycles.